The third kappa shape index (κ3) is 3.02. The second-order valence-electron chi connectivity index (χ2n) is 4.57. The van der Waals surface area contributed by atoms with Crippen LogP contribution in [0, 0.1) is 0 Å². The summed E-state index contributed by atoms with van der Waals surface area (Å²) < 4.78 is 0. The molecule has 5 heteroatoms. The lowest BCUT2D eigenvalue weighted by Crippen LogP contribution is -2.45. The average Bonchev–Trinajstić information content (AvgIpc) is 2.31. The van der Waals surface area contributed by atoms with Crippen molar-refractivity contribution in [2.75, 3.05) is 11.9 Å². The first-order valence-electron chi connectivity index (χ1n) is 6.28. The molecule has 0 bridgehead atoms. The largest absolute Gasteiger partial charge is 0.336 e. The summed E-state index contributed by atoms with van der Waals surface area (Å²) in [6.07, 6.45) is 5.82. The van der Waals surface area contributed by atoms with Gasteiger partial charge in [0, 0.05) is 35.7 Å². The molecule has 1 aromatic rings. The summed E-state index contributed by atoms with van der Waals surface area (Å²) in [7, 11) is 0. The number of amides is 1. The summed E-state index contributed by atoms with van der Waals surface area (Å²) in [5, 5.41) is 0.888. The van der Waals surface area contributed by atoms with Gasteiger partial charge in [-0.25, -0.2) is 0 Å². The second kappa shape index (κ2) is 6.18. The zero-order valence-electron chi connectivity index (χ0n) is 10.2. The van der Waals surface area contributed by atoms with Crippen molar-refractivity contribution < 1.29 is 4.79 Å². The SMILES string of the molecule is O=C(c1cc[nH]c(=O)c1)N(CCCBr)C1CCC1. The summed E-state index contributed by atoms with van der Waals surface area (Å²) in [6.45, 7) is 0.752. The topological polar surface area (TPSA) is 53.2 Å². The molecule has 4 nitrogen and oxygen atoms in total. The molecule has 1 aliphatic rings. The monoisotopic (exact) mass is 312 g/mol. The first kappa shape index (κ1) is 13.3. The Kier molecular flexibility index (Phi) is 4.58. The highest BCUT2D eigenvalue weighted by Crippen LogP contribution is 2.26. The number of carbonyl (C=O) groups excluding carboxylic acids is 1. The van der Waals surface area contributed by atoms with Crippen LogP contribution in [0.3, 0.4) is 0 Å². The van der Waals surface area contributed by atoms with E-state index in [1.54, 1.807) is 6.07 Å². The van der Waals surface area contributed by atoms with Gasteiger partial charge in [0.25, 0.3) is 5.91 Å². The lowest BCUT2D eigenvalue weighted by atomic mass is 9.91. The van der Waals surface area contributed by atoms with Gasteiger partial charge in [0.05, 0.1) is 0 Å². The van der Waals surface area contributed by atoms with Crippen LogP contribution in [-0.2, 0) is 0 Å². The fourth-order valence-corrected chi connectivity index (χ4v) is 2.37. The number of rotatable bonds is 5. The maximum atomic E-state index is 12.4. The molecule has 1 fully saturated rings. The smallest absolute Gasteiger partial charge is 0.254 e. The van der Waals surface area contributed by atoms with Crippen molar-refractivity contribution in [2.45, 2.75) is 31.7 Å². The van der Waals surface area contributed by atoms with E-state index in [2.05, 4.69) is 20.9 Å². The molecule has 0 radical (unpaired) electrons. The van der Waals surface area contributed by atoms with E-state index >= 15 is 0 Å². The van der Waals surface area contributed by atoms with Crippen LogP contribution in [0.2, 0.25) is 0 Å². The zero-order chi connectivity index (χ0) is 13.0. The number of nitrogens with zero attached hydrogens (tertiary/aromatic N) is 1. The van der Waals surface area contributed by atoms with E-state index in [1.807, 2.05) is 4.90 Å². The lowest BCUT2D eigenvalue weighted by Gasteiger charge is -2.37. The predicted octanol–water partition coefficient (Wildman–Crippen LogP) is 2.15. The standard InChI is InChI=1S/C13H17BrN2O2/c14-6-2-8-16(11-3-1-4-11)13(18)10-5-7-15-12(17)9-10/h5,7,9,11H,1-4,6,8H2,(H,15,17). The third-order valence-electron chi connectivity index (χ3n) is 3.33. The van der Waals surface area contributed by atoms with Crippen LogP contribution in [0.4, 0.5) is 0 Å². The quantitative estimate of drug-likeness (QED) is 0.847. The second-order valence-corrected chi connectivity index (χ2v) is 5.36. The van der Waals surface area contributed by atoms with Crippen molar-refractivity contribution in [3.05, 3.63) is 34.2 Å². The molecule has 1 N–H and O–H groups in total. The number of aromatic amines is 1. The van der Waals surface area contributed by atoms with Crippen molar-refractivity contribution in [3.8, 4) is 0 Å². The molecule has 1 heterocycles. The van der Waals surface area contributed by atoms with E-state index < -0.39 is 0 Å². The van der Waals surface area contributed by atoms with Crippen LogP contribution in [0.1, 0.15) is 36.0 Å². The average molecular weight is 313 g/mol. The number of carbonyl (C=O) groups is 1. The highest BCUT2D eigenvalue weighted by atomic mass is 79.9. The fraction of sp³-hybridized carbons (Fsp3) is 0.538. The van der Waals surface area contributed by atoms with E-state index in [0.29, 0.717) is 11.6 Å². The Morgan fingerprint density at radius 2 is 2.28 bits per heavy atom. The highest BCUT2D eigenvalue weighted by Gasteiger charge is 2.28. The third-order valence-corrected chi connectivity index (χ3v) is 3.89. The van der Waals surface area contributed by atoms with Gasteiger partial charge >= 0.3 is 0 Å². The number of pyridine rings is 1. The highest BCUT2D eigenvalue weighted by molar-refractivity contribution is 9.09. The molecule has 0 aliphatic heterocycles. The van der Waals surface area contributed by atoms with Gasteiger partial charge in [-0.2, -0.15) is 0 Å². The molecule has 18 heavy (non-hydrogen) atoms. The number of hydrogen-bond donors (Lipinski definition) is 1. The molecular formula is C13H17BrN2O2. The first-order chi connectivity index (χ1) is 8.72. The van der Waals surface area contributed by atoms with Crippen molar-refractivity contribution in [1.29, 1.82) is 0 Å². The molecule has 2 rings (SSSR count). The maximum absolute atomic E-state index is 12.4. The van der Waals surface area contributed by atoms with Gasteiger partial charge in [-0.1, -0.05) is 15.9 Å². The number of hydrogen-bond acceptors (Lipinski definition) is 2. The van der Waals surface area contributed by atoms with E-state index in [1.165, 1.54) is 18.7 Å². The molecular weight excluding hydrogens is 296 g/mol. The van der Waals surface area contributed by atoms with Crippen LogP contribution >= 0.6 is 15.9 Å². The zero-order valence-corrected chi connectivity index (χ0v) is 11.8. The van der Waals surface area contributed by atoms with Gasteiger partial charge in [-0.3, -0.25) is 9.59 Å². The van der Waals surface area contributed by atoms with Gasteiger partial charge in [0.15, 0.2) is 0 Å². The van der Waals surface area contributed by atoms with Gasteiger partial charge in [-0.05, 0) is 31.7 Å². The molecule has 1 saturated carbocycles. The minimum absolute atomic E-state index is 0.0215. The summed E-state index contributed by atoms with van der Waals surface area (Å²) in [5.41, 5.74) is 0.259. The molecule has 0 atom stereocenters. The maximum Gasteiger partial charge on any atom is 0.254 e. The van der Waals surface area contributed by atoms with Crippen molar-refractivity contribution >= 4 is 21.8 Å². The number of nitrogens with one attached hydrogen (secondary N) is 1. The molecule has 1 amide bonds. The summed E-state index contributed by atoms with van der Waals surface area (Å²) in [6, 6.07) is 3.40. The number of aromatic nitrogens is 1. The molecule has 98 valence electrons. The summed E-state index contributed by atoms with van der Waals surface area (Å²) in [5.74, 6) is -0.0215. The predicted molar refractivity (Wildman–Crippen MR) is 74.1 cm³/mol. The number of halogens is 1. The number of H-pyrrole nitrogens is 1. The van der Waals surface area contributed by atoms with Crippen LogP contribution in [0.15, 0.2) is 23.1 Å². The molecule has 0 spiro atoms. The Morgan fingerprint density at radius 3 is 2.83 bits per heavy atom. The normalized spacial score (nSPS) is 15.2. The van der Waals surface area contributed by atoms with Crippen molar-refractivity contribution in [3.63, 3.8) is 0 Å². The first-order valence-corrected chi connectivity index (χ1v) is 7.40. The molecule has 1 aliphatic carbocycles. The fourth-order valence-electron chi connectivity index (χ4n) is 2.12. The lowest BCUT2D eigenvalue weighted by molar-refractivity contribution is 0.0581. The van der Waals surface area contributed by atoms with Gasteiger partial charge in [0.1, 0.15) is 0 Å². The van der Waals surface area contributed by atoms with Crippen molar-refractivity contribution in [2.24, 2.45) is 0 Å². The Labute approximate surface area is 115 Å². The van der Waals surface area contributed by atoms with Crippen LogP contribution in [-0.4, -0.2) is 33.7 Å². The van der Waals surface area contributed by atoms with Crippen LogP contribution in [0.5, 0.6) is 0 Å². The van der Waals surface area contributed by atoms with Crippen molar-refractivity contribution in [1.82, 2.24) is 9.88 Å². The Bertz CT molecular complexity index is 468. The molecule has 0 unspecified atom stereocenters. The van der Waals surface area contributed by atoms with Gasteiger partial charge < -0.3 is 9.88 Å². The minimum Gasteiger partial charge on any atom is -0.336 e. The van der Waals surface area contributed by atoms with Crippen LogP contribution in [0.25, 0.3) is 0 Å². The van der Waals surface area contributed by atoms with Gasteiger partial charge in [0.2, 0.25) is 5.56 Å². The molecule has 0 saturated heterocycles. The summed E-state index contributed by atoms with van der Waals surface area (Å²) >= 11 is 3.39. The van der Waals surface area contributed by atoms with E-state index in [0.717, 1.165) is 31.1 Å². The molecule has 0 aromatic carbocycles. The van der Waals surface area contributed by atoms with E-state index in [-0.39, 0.29) is 11.5 Å². The van der Waals surface area contributed by atoms with Crippen LogP contribution < -0.4 is 5.56 Å². The Balaban J connectivity index is 2.13. The Morgan fingerprint density at radius 1 is 1.50 bits per heavy atom. The number of alkyl halides is 1. The minimum atomic E-state index is -0.227. The molecule has 1 aromatic heterocycles. The van der Waals surface area contributed by atoms with Gasteiger partial charge in [-0.15, -0.1) is 0 Å². The summed E-state index contributed by atoms with van der Waals surface area (Å²) in [4.78, 5) is 28.1. The van der Waals surface area contributed by atoms with E-state index in [4.69, 9.17) is 0 Å². The van der Waals surface area contributed by atoms with E-state index in [9.17, 15) is 9.59 Å². The Hall–Kier alpha value is -1.10.